The van der Waals surface area contributed by atoms with Crippen LogP contribution in [0.4, 0.5) is 0 Å². The zero-order chi connectivity index (χ0) is 13.0. The molecule has 3 N–H and O–H groups in total. The number of nitrogens with two attached hydrogens (primary N) is 1. The van der Waals surface area contributed by atoms with Crippen LogP contribution in [0.25, 0.3) is 0 Å². The van der Waals surface area contributed by atoms with Gasteiger partial charge in [0.15, 0.2) is 0 Å². The third-order valence-electron chi connectivity index (χ3n) is 2.92. The van der Waals surface area contributed by atoms with Gasteiger partial charge in [-0.25, -0.2) is 0 Å². The number of methoxy groups -OCH3 is 1. The lowest BCUT2D eigenvalue weighted by atomic mass is 9.99. The minimum atomic E-state index is -0.545. The molecule has 0 aliphatic carbocycles. The van der Waals surface area contributed by atoms with Gasteiger partial charge in [0.2, 0.25) is 5.91 Å². The Morgan fingerprint density at radius 1 is 1.41 bits per heavy atom. The van der Waals surface area contributed by atoms with Crippen LogP contribution < -0.4 is 15.8 Å². The Balaban J connectivity index is 2.97. The summed E-state index contributed by atoms with van der Waals surface area (Å²) in [7, 11) is 3.21. The molecule has 4 heteroatoms. The van der Waals surface area contributed by atoms with Crippen molar-refractivity contribution in [1.29, 1.82) is 0 Å². The summed E-state index contributed by atoms with van der Waals surface area (Å²) in [5.41, 5.74) is 9.11. The fourth-order valence-corrected chi connectivity index (χ4v) is 1.71. The van der Waals surface area contributed by atoms with E-state index in [1.54, 1.807) is 14.2 Å². The maximum absolute atomic E-state index is 11.4. The molecule has 17 heavy (non-hydrogen) atoms. The highest BCUT2D eigenvalue weighted by molar-refractivity contribution is 5.81. The zero-order valence-electron chi connectivity index (χ0n) is 10.8. The molecule has 94 valence electrons. The van der Waals surface area contributed by atoms with Crippen molar-refractivity contribution in [3.63, 3.8) is 0 Å². The van der Waals surface area contributed by atoms with Gasteiger partial charge in [0.1, 0.15) is 5.75 Å². The summed E-state index contributed by atoms with van der Waals surface area (Å²) < 4.78 is 5.31. The monoisotopic (exact) mass is 236 g/mol. The number of likely N-dealkylation sites (N-methyl/N-ethyl adjacent to an activating group) is 1. The molecular formula is C13H20N2O2. The molecule has 0 fully saturated rings. The van der Waals surface area contributed by atoms with Crippen molar-refractivity contribution in [2.75, 3.05) is 14.2 Å². The molecule has 4 nitrogen and oxygen atoms in total. The summed E-state index contributed by atoms with van der Waals surface area (Å²) in [5.74, 6) is 0.623. The fraction of sp³-hybridized carbons (Fsp3) is 0.462. The second kappa shape index (κ2) is 5.68. The minimum Gasteiger partial charge on any atom is -0.496 e. The summed E-state index contributed by atoms with van der Waals surface area (Å²) in [4.78, 5) is 11.4. The molecule has 1 unspecified atom stereocenters. The lowest BCUT2D eigenvalue weighted by molar-refractivity contribution is -0.121. The van der Waals surface area contributed by atoms with Gasteiger partial charge in [-0.05, 0) is 36.6 Å². The standard InChI is InChI=1S/C13H20N2O2/c1-8-5-10(7-11(14)13(16)15-3)12(17-4)6-9(8)2/h5-6,11H,7,14H2,1-4H3,(H,15,16). The van der Waals surface area contributed by atoms with E-state index in [9.17, 15) is 4.79 Å². The van der Waals surface area contributed by atoms with Gasteiger partial charge in [0.25, 0.3) is 0 Å². The Morgan fingerprint density at radius 2 is 2.00 bits per heavy atom. The summed E-state index contributed by atoms with van der Waals surface area (Å²) in [6.07, 6.45) is 0.476. The quantitative estimate of drug-likeness (QED) is 0.817. The topological polar surface area (TPSA) is 64.4 Å². The highest BCUT2D eigenvalue weighted by atomic mass is 16.5. The first-order valence-corrected chi connectivity index (χ1v) is 5.61. The van der Waals surface area contributed by atoms with E-state index in [0.29, 0.717) is 6.42 Å². The maximum Gasteiger partial charge on any atom is 0.237 e. The molecule has 1 aromatic rings. The second-order valence-electron chi connectivity index (χ2n) is 4.17. The summed E-state index contributed by atoms with van der Waals surface area (Å²) in [5, 5.41) is 2.54. The number of amides is 1. The molecule has 0 bridgehead atoms. The van der Waals surface area contributed by atoms with Crippen molar-refractivity contribution < 1.29 is 9.53 Å². The molecule has 1 rings (SSSR count). The maximum atomic E-state index is 11.4. The Morgan fingerprint density at radius 3 is 2.53 bits per heavy atom. The highest BCUT2D eigenvalue weighted by Crippen LogP contribution is 2.24. The average molecular weight is 236 g/mol. The molecule has 0 radical (unpaired) electrons. The molecule has 0 spiro atoms. The molecular weight excluding hydrogens is 216 g/mol. The van der Waals surface area contributed by atoms with Crippen LogP contribution in [0.3, 0.4) is 0 Å². The van der Waals surface area contributed by atoms with Crippen molar-refractivity contribution in [3.8, 4) is 5.75 Å². The number of carbonyl (C=O) groups is 1. The van der Waals surface area contributed by atoms with Gasteiger partial charge in [-0.15, -0.1) is 0 Å². The fourth-order valence-electron chi connectivity index (χ4n) is 1.71. The summed E-state index contributed by atoms with van der Waals surface area (Å²) >= 11 is 0. The predicted octanol–water partition coefficient (Wildman–Crippen LogP) is 0.928. The van der Waals surface area contributed by atoms with E-state index in [1.807, 2.05) is 26.0 Å². The summed E-state index contributed by atoms with van der Waals surface area (Å²) in [6, 6.07) is 3.45. The Kier molecular flexibility index (Phi) is 4.52. The van der Waals surface area contributed by atoms with Gasteiger partial charge in [-0.2, -0.15) is 0 Å². The summed E-state index contributed by atoms with van der Waals surface area (Å²) in [6.45, 7) is 4.06. The zero-order valence-corrected chi connectivity index (χ0v) is 10.8. The molecule has 0 aliphatic rings. The first-order chi connectivity index (χ1) is 7.99. The number of hydrogen-bond donors (Lipinski definition) is 2. The van der Waals surface area contributed by atoms with Gasteiger partial charge in [-0.1, -0.05) is 6.07 Å². The number of aryl methyl sites for hydroxylation is 2. The van der Waals surface area contributed by atoms with E-state index in [-0.39, 0.29) is 5.91 Å². The van der Waals surface area contributed by atoms with Crippen LogP contribution in [-0.4, -0.2) is 26.1 Å². The van der Waals surface area contributed by atoms with E-state index < -0.39 is 6.04 Å². The van der Waals surface area contributed by atoms with Crippen molar-refractivity contribution in [1.82, 2.24) is 5.32 Å². The van der Waals surface area contributed by atoms with E-state index >= 15 is 0 Å². The van der Waals surface area contributed by atoms with Gasteiger partial charge < -0.3 is 15.8 Å². The van der Waals surface area contributed by atoms with Crippen molar-refractivity contribution in [2.24, 2.45) is 5.73 Å². The van der Waals surface area contributed by atoms with Gasteiger partial charge in [-0.3, -0.25) is 4.79 Å². The van der Waals surface area contributed by atoms with E-state index in [0.717, 1.165) is 11.3 Å². The molecule has 1 atom stereocenters. The van der Waals surface area contributed by atoms with Crippen LogP contribution in [-0.2, 0) is 11.2 Å². The molecule has 0 heterocycles. The largest absolute Gasteiger partial charge is 0.496 e. The smallest absolute Gasteiger partial charge is 0.237 e. The van der Waals surface area contributed by atoms with Crippen LogP contribution in [0.1, 0.15) is 16.7 Å². The van der Waals surface area contributed by atoms with E-state index in [2.05, 4.69) is 5.32 Å². The van der Waals surface area contributed by atoms with Gasteiger partial charge in [0.05, 0.1) is 13.2 Å². The lowest BCUT2D eigenvalue weighted by Gasteiger charge is -2.15. The SMILES string of the molecule is CNC(=O)C(N)Cc1cc(C)c(C)cc1OC. The third-order valence-corrected chi connectivity index (χ3v) is 2.92. The van der Waals surface area contributed by atoms with Crippen molar-refractivity contribution in [3.05, 3.63) is 28.8 Å². The third kappa shape index (κ3) is 3.20. The second-order valence-corrected chi connectivity index (χ2v) is 4.17. The molecule has 0 saturated heterocycles. The van der Waals surface area contributed by atoms with Crippen molar-refractivity contribution >= 4 is 5.91 Å². The molecule has 0 aromatic heterocycles. The number of carbonyl (C=O) groups excluding carboxylic acids is 1. The first-order valence-electron chi connectivity index (χ1n) is 5.61. The molecule has 1 amide bonds. The molecule has 0 saturated carbocycles. The number of hydrogen-bond acceptors (Lipinski definition) is 3. The van der Waals surface area contributed by atoms with E-state index in [4.69, 9.17) is 10.5 Å². The van der Waals surface area contributed by atoms with Crippen molar-refractivity contribution in [2.45, 2.75) is 26.3 Å². The molecule has 0 aliphatic heterocycles. The Labute approximate surface area is 102 Å². The van der Waals surface area contributed by atoms with Crippen LogP contribution in [0.15, 0.2) is 12.1 Å². The predicted molar refractivity (Wildman–Crippen MR) is 68.2 cm³/mol. The first kappa shape index (κ1) is 13.5. The van der Waals surface area contributed by atoms with E-state index in [1.165, 1.54) is 11.1 Å². The number of rotatable bonds is 4. The average Bonchev–Trinajstić information content (AvgIpc) is 2.32. The van der Waals surface area contributed by atoms with Gasteiger partial charge >= 0.3 is 0 Å². The Hall–Kier alpha value is -1.55. The number of nitrogens with one attached hydrogen (secondary N) is 1. The van der Waals surface area contributed by atoms with Crippen LogP contribution >= 0.6 is 0 Å². The Bertz CT molecular complexity index is 416. The minimum absolute atomic E-state index is 0.162. The normalized spacial score (nSPS) is 12.1. The number of benzene rings is 1. The van der Waals surface area contributed by atoms with Crippen LogP contribution in [0.2, 0.25) is 0 Å². The molecule has 1 aromatic carbocycles. The number of ether oxygens (including phenoxy) is 1. The lowest BCUT2D eigenvalue weighted by Crippen LogP contribution is -2.40. The van der Waals surface area contributed by atoms with Gasteiger partial charge in [0, 0.05) is 13.5 Å². The highest BCUT2D eigenvalue weighted by Gasteiger charge is 2.15. The van der Waals surface area contributed by atoms with Crippen LogP contribution in [0, 0.1) is 13.8 Å². The van der Waals surface area contributed by atoms with Crippen LogP contribution in [0.5, 0.6) is 5.75 Å².